The lowest BCUT2D eigenvalue weighted by Gasteiger charge is -2.41. The van der Waals surface area contributed by atoms with Crippen LogP contribution in [-0.4, -0.2) is 23.3 Å². The van der Waals surface area contributed by atoms with Crippen LogP contribution in [0.1, 0.15) is 78.1 Å². The van der Waals surface area contributed by atoms with Crippen LogP contribution in [0.4, 0.5) is 0 Å². The molecule has 2 N–H and O–H groups in total. The topological polar surface area (TPSA) is 32.3 Å². The third-order valence-corrected chi connectivity index (χ3v) is 3.84. The summed E-state index contributed by atoms with van der Waals surface area (Å²) >= 11 is 0. The van der Waals surface area contributed by atoms with Crippen LogP contribution in [0, 0.1) is 0 Å². The second-order valence-electron chi connectivity index (χ2n) is 6.03. The predicted octanol–water partition coefficient (Wildman–Crippen LogP) is 3.63. The fourth-order valence-corrected chi connectivity index (χ4v) is 2.71. The Hall–Kier alpha value is -0.0800. The molecule has 2 nitrogen and oxygen atoms in total. The fourth-order valence-electron chi connectivity index (χ4n) is 2.71. The molecule has 102 valence electrons. The van der Waals surface area contributed by atoms with Crippen molar-refractivity contribution in [1.29, 1.82) is 0 Å². The van der Waals surface area contributed by atoms with Gasteiger partial charge < -0.3 is 10.4 Å². The molecular weight excluding hydrogens is 210 g/mol. The summed E-state index contributed by atoms with van der Waals surface area (Å²) in [5, 5.41) is 13.1. The van der Waals surface area contributed by atoms with E-state index < -0.39 is 0 Å². The molecule has 2 heteroatoms. The molecule has 17 heavy (non-hydrogen) atoms. The zero-order valence-corrected chi connectivity index (χ0v) is 11.8. The van der Waals surface area contributed by atoms with Crippen molar-refractivity contribution in [2.45, 2.75) is 89.7 Å². The highest BCUT2D eigenvalue weighted by Crippen LogP contribution is 2.31. The van der Waals surface area contributed by atoms with Crippen molar-refractivity contribution in [2.24, 2.45) is 0 Å². The average Bonchev–Trinajstić information content (AvgIpc) is 2.24. The minimum Gasteiger partial charge on any atom is -0.390 e. The largest absolute Gasteiger partial charge is 0.390 e. The second kappa shape index (κ2) is 8.10. The van der Waals surface area contributed by atoms with Gasteiger partial charge in [0.05, 0.1) is 5.60 Å². The maximum atomic E-state index is 9.59. The van der Waals surface area contributed by atoms with E-state index >= 15 is 0 Å². The van der Waals surface area contributed by atoms with Crippen LogP contribution in [0.2, 0.25) is 0 Å². The number of hydrogen-bond acceptors (Lipinski definition) is 2. The summed E-state index contributed by atoms with van der Waals surface area (Å²) in [6.45, 7) is 5.33. The summed E-state index contributed by atoms with van der Waals surface area (Å²) in [6.07, 6.45) is 12.9. The molecule has 0 radical (unpaired) electrons. The van der Waals surface area contributed by atoms with Crippen molar-refractivity contribution in [2.75, 3.05) is 6.54 Å². The molecule has 0 atom stereocenters. The lowest BCUT2D eigenvalue weighted by Crippen LogP contribution is -2.51. The third kappa shape index (κ3) is 7.05. The summed E-state index contributed by atoms with van der Waals surface area (Å²) < 4.78 is 0. The van der Waals surface area contributed by atoms with E-state index in [1.54, 1.807) is 0 Å². The molecule has 1 aliphatic carbocycles. The molecule has 0 heterocycles. The molecule has 0 amide bonds. The minimum absolute atomic E-state index is 0.378. The van der Waals surface area contributed by atoms with Gasteiger partial charge in [-0.3, -0.25) is 0 Å². The van der Waals surface area contributed by atoms with E-state index in [2.05, 4.69) is 12.2 Å². The van der Waals surface area contributed by atoms with Gasteiger partial charge in [-0.1, -0.05) is 51.9 Å². The van der Waals surface area contributed by atoms with Crippen LogP contribution in [0.15, 0.2) is 0 Å². The maximum Gasteiger partial charge on any atom is 0.0649 e. The maximum absolute atomic E-state index is 9.59. The summed E-state index contributed by atoms with van der Waals surface area (Å²) in [5.41, 5.74) is -0.378. The zero-order chi connectivity index (χ0) is 12.6. The zero-order valence-electron chi connectivity index (χ0n) is 11.8. The molecule has 0 saturated heterocycles. The highest BCUT2D eigenvalue weighted by atomic mass is 16.3. The Morgan fingerprint density at radius 3 is 2.06 bits per heavy atom. The Bertz CT molecular complexity index is 183. The highest BCUT2D eigenvalue weighted by molar-refractivity contribution is 4.94. The second-order valence-corrected chi connectivity index (χ2v) is 6.03. The molecular formula is C15H31NO. The van der Waals surface area contributed by atoms with Crippen molar-refractivity contribution in [3.05, 3.63) is 0 Å². The first-order valence-corrected chi connectivity index (χ1v) is 7.60. The number of hydrogen-bond donors (Lipinski definition) is 2. The molecule has 0 unspecified atom stereocenters. The molecule has 1 rings (SSSR count). The van der Waals surface area contributed by atoms with Gasteiger partial charge in [0, 0.05) is 6.04 Å². The van der Waals surface area contributed by atoms with Gasteiger partial charge in [-0.05, 0) is 32.7 Å². The summed E-state index contributed by atoms with van der Waals surface area (Å²) in [7, 11) is 0. The summed E-state index contributed by atoms with van der Waals surface area (Å²) in [5.74, 6) is 0. The SMILES string of the molecule is CCCCCCCCCCNC1CC(C)(O)C1. The normalized spacial score (nSPS) is 28.1. The minimum atomic E-state index is -0.378. The Labute approximate surface area is 107 Å². The quantitative estimate of drug-likeness (QED) is 0.572. The van der Waals surface area contributed by atoms with E-state index in [-0.39, 0.29) is 5.60 Å². The molecule has 0 bridgehead atoms. The van der Waals surface area contributed by atoms with Crippen LogP contribution in [0.5, 0.6) is 0 Å². The summed E-state index contributed by atoms with van der Waals surface area (Å²) in [6, 6.07) is 0.578. The number of nitrogens with one attached hydrogen (secondary N) is 1. The van der Waals surface area contributed by atoms with E-state index in [1.807, 2.05) is 6.92 Å². The van der Waals surface area contributed by atoms with E-state index in [1.165, 1.54) is 51.4 Å². The van der Waals surface area contributed by atoms with Crippen LogP contribution < -0.4 is 5.32 Å². The van der Waals surface area contributed by atoms with Crippen molar-refractivity contribution in [3.8, 4) is 0 Å². The molecule has 1 fully saturated rings. The Morgan fingerprint density at radius 1 is 1.00 bits per heavy atom. The van der Waals surface area contributed by atoms with Crippen LogP contribution in [-0.2, 0) is 0 Å². The van der Waals surface area contributed by atoms with E-state index in [9.17, 15) is 5.11 Å². The molecule has 0 aromatic heterocycles. The van der Waals surface area contributed by atoms with Crippen molar-refractivity contribution in [3.63, 3.8) is 0 Å². The smallest absolute Gasteiger partial charge is 0.0649 e. The monoisotopic (exact) mass is 241 g/mol. The summed E-state index contributed by atoms with van der Waals surface area (Å²) in [4.78, 5) is 0. The molecule has 1 saturated carbocycles. The Morgan fingerprint density at radius 2 is 1.53 bits per heavy atom. The van der Waals surface area contributed by atoms with Gasteiger partial charge in [0.2, 0.25) is 0 Å². The molecule has 0 aromatic rings. The molecule has 0 aromatic carbocycles. The fraction of sp³-hybridized carbons (Fsp3) is 1.00. The van der Waals surface area contributed by atoms with Crippen molar-refractivity contribution >= 4 is 0 Å². The third-order valence-electron chi connectivity index (χ3n) is 3.84. The van der Waals surface area contributed by atoms with Crippen LogP contribution >= 0.6 is 0 Å². The molecule has 0 spiro atoms. The first-order valence-electron chi connectivity index (χ1n) is 7.60. The van der Waals surface area contributed by atoms with E-state index in [0.717, 1.165) is 19.4 Å². The number of aliphatic hydroxyl groups is 1. The Kier molecular flexibility index (Phi) is 7.14. The van der Waals surface area contributed by atoms with E-state index in [0.29, 0.717) is 6.04 Å². The van der Waals surface area contributed by atoms with Crippen molar-refractivity contribution in [1.82, 2.24) is 5.32 Å². The van der Waals surface area contributed by atoms with Gasteiger partial charge in [0.1, 0.15) is 0 Å². The van der Waals surface area contributed by atoms with Crippen LogP contribution in [0.25, 0.3) is 0 Å². The molecule has 0 aliphatic heterocycles. The molecule has 1 aliphatic rings. The highest BCUT2D eigenvalue weighted by Gasteiger charge is 2.37. The number of unbranched alkanes of at least 4 members (excludes halogenated alkanes) is 7. The first-order chi connectivity index (χ1) is 8.14. The van der Waals surface area contributed by atoms with Gasteiger partial charge in [-0.2, -0.15) is 0 Å². The predicted molar refractivity (Wildman–Crippen MR) is 74.3 cm³/mol. The van der Waals surface area contributed by atoms with E-state index in [4.69, 9.17) is 0 Å². The lowest BCUT2D eigenvalue weighted by molar-refractivity contribution is -0.0388. The van der Waals surface area contributed by atoms with Gasteiger partial charge in [0.25, 0.3) is 0 Å². The van der Waals surface area contributed by atoms with Crippen LogP contribution in [0.3, 0.4) is 0 Å². The van der Waals surface area contributed by atoms with Gasteiger partial charge >= 0.3 is 0 Å². The first kappa shape index (κ1) is 15.0. The van der Waals surface area contributed by atoms with Gasteiger partial charge in [-0.25, -0.2) is 0 Å². The number of rotatable bonds is 10. The van der Waals surface area contributed by atoms with Crippen molar-refractivity contribution < 1.29 is 5.11 Å². The average molecular weight is 241 g/mol. The standard InChI is InChI=1S/C15H31NO/c1-3-4-5-6-7-8-9-10-11-16-14-12-15(2,17)13-14/h14,16-17H,3-13H2,1-2H3. The van der Waals surface area contributed by atoms with Gasteiger partial charge in [-0.15, -0.1) is 0 Å². The Balaban J connectivity index is 1.74. The lowest BCUT2D eigenvalue weighted by atomic mass is 9.77. The van der Waals surface area contributed by atoms with Gasteiger partial charge in [0.15, 0.2) is 0 Å².